The van der Waals surface area contributed by atoms with Gasteiger partial charge in [0.25, 0.3) is 10.0 Å². The molecule has 0 unspecified atom stereocenters. The number of fused-ring (bicyclic) bond motifs is 1. The first-order chi connectivity index (χ1) is 12.1. The van der Waals surface area contributed by atoms with Crippen molar-refractivity contribution < 1.29 is 22.6 Å². The highest BCUT2D eigenvalue weighted by molar-refractivity contribution is 7.92. The number of pyridine rings is 1. The molecule has 1 aromatic carbocycles. The largest absolute Gasteiger partial charge is 0.454 e. The lowest BCUT2D eigenvalue weighted by molar-refractivity contribution is 0.122. The second kappa shape index (κ2) is 6.41. The fraction of sp³-hybridized carbons (Fsp3) is 0.312. The van der Waals surface area contributed by atoms with Crippen molar-refractivity contribution in [1.29, 1.82) is 0 Å². The number of hydrogen-bond acceptors (Lipinski definition) is 7. The summed E-state index contributed by atoms with van der Waals surface area (Å²) in [6.45, 7) is 3.04. The van der Waals surface area contributed by atoms with Crippen LogP contribution >= 0.6 is 0 Å². The third kappa shape index (κ3) is 3.33. The van der Waals surface area contributed by atoms with Crippen LogP contribution in [0.5, 0.6) is 11.5 Å². The predicted octanol–water partition coefficient (Wildman–Crippen LogP) is 1.45. The summed E-state index contributed by atoms with van der Waals surface area (Å²) in [5, 5.41) is 0. The molecule has 2 aliphatic heterocycles. The van der Waals surface area contributed by atoms with Gasteiger partial charge in [-0.1, -0.05) is 0 Å². The molecular weight excluding hydrogens is 346 g/mol. The number of morpholine rings is 1. The van der Waals surface area contributed by atoms with E-state index in [1.54, 1.807) is 18.3 Å². The van der Waals surface area contributed by atoms with Crippen molar-refractivity contribution in [3.8, 4) is 11.5 Å². The standard InChI is InChI=1S/C16H17N3O5S/c20-25(21,13-2-3-14-15(9-13)24-11-23-14)18-16-4-1-12(10-17-16)19-5-7-22-8-6-19/h1-4,9-10H,5-8,11H2,(H,17,18). The Hall–Kier alpha value is -2.52. The molecule has 0 amide bonds. The van der Waals surface area contributed by atoms with Crippen molar-refractivity contribution in [2.75, 3.05) is 42.7 Å². The van der Waals surface area contributed by atoms with Gasteiger partial charge in [0.2, 0.25) is 6.79 Å². The smallest absolute Gasteiger partial charge is 0.263 e. The molecule has 2 aromatic rings. The van der Waals surface area contributed by atoms with Crippen molar-refractivity contribution in [1.82, 2.24) is 4.98 Å². The molecule has 0 spiro atoms. The molecule has 0 radical (unpaired) electrons. The van der Waals surface area contributed by atoms with Crippen molar-refractivity contribution in [2.45, 2.75) is 4.90 Å². The first-order valence-corrected chi connectivity index (χ1v) is 9.31. The Morgan fingerprint density at radius 1 is 1.04 bits per heavy atom. The number of sulfonamides is 1. The van der Waals surface area contributed by atoms with Crippen LogP contribution in [0.3, 0.4) is 0 Å². The van der Waals surface area contributed by atoms with Crippen molar-refractivity contribution in [3.63, 3.8) is 0 Å². The maximum absolute atomic E-state index is 12.5. The van der Waals surface area contributed by atoms with Crippen LogP contribution in [0.2, 0.25) is 0 Å². The van der Waals surface area contributed by atoms with Crippen LogP contribution < -0.4 is 19.1 Å². The second-order valence-electron chi connectivity index (χ2n) is 5.62. The fourth-order valence-electron chi connectivity index (χ4n) is 2.70. The molecule has 1 aromatic heterocycles. The monoisotopic (exact) mass is 363 g/mol. The quantitative estimate of drug-likeness (QED) is 0.879. The Labute approximate surface area is 145 Å². The molecule has 0 aliphatic carbocycles. The van der Waals surface area contributed by atoms with Crippen LogP contribution in [0.15, 0.2) is 41.4 Å². The zero-order chi connectivity index (χ0) is 17.3. The van der Waals surface area contributed by atoms with Gasteiger partial charge in [0.15, 0.2) is 11.5 Å². The van der Waals surface area contributed by atoms with E-state index in [2.05, 4.69) is 14.6 Å². The minimum Gasteiger partial charge on any atom is -0.454 e. The summed E-state index contributed by atoms with van der Waals surface area (Å²) in [4.78, 5) is 6.45. The number of benzene rings is 1. The van der Waals surface area contributed by atoms with E-state index in [4.69, 9.17) is 14.2 Å². The molecule has 3 heterocycles. The lowest BCUT2D eigenvalue weighted by Gasteiger charge is -2.28. The molecule has 9 heteroatoms. The van der Waals surface area contributed by atoms with Crippen molar-refractivity contribution >= 4 is 21.5 Å². The van der Waals surface area contributed by atoms with Crippen LogP contribution in [-0.2, 0) is 14.8 Å². The molecular formula is C16H17N3O5S. The third-order valence-corrected chi connectivity index (χ3v) is 5.37. The Kier molecular flexibility index (Phi) is 4.10. The first-order valence-electron chi connectivity index (χ1n) is 7.83. The molecule has 1 fully saturated rings. The van der Waals surface area contributed by atoms with Gasteiger partial charge in [-0.05, 0) is 24.3 Å². The topological polar surface area (TPSA) is 90.0 Å². The predicted molar refractivity (Wildman–Crippen MR) is 90.6 cm³/mol. The number of hydrogen-bond donors (Lipinski definition) is 1. The lowest BCUT2D eigenvalue weighted by Crippen LogP contribution is -2.36. The summed E-state index contributed by atoms with van der Waals surface area (Å²) in [6.07, 6.45) is 1.66. The third-order valence-electron chi connectivity index (χ3n) is 4.02. The average molecular weight is 363 g/mol. The molecule has 1 saturated heterocycles. The summed E-state index contributed by atoms with van der Waals surface area (Å²) in [5.74, 6) is 1.21. The Morgan fingerprint density at radius 3 is 2.60 bits per heavy atom. The molecule has 132 valence electrons. The van der Waals surface area contributed by atoms with Gasteiger partial charge >= 0.3 is 0 Å². The molecule has 0 bridgehead atoms. The van der Waals surface area contributed by atoms with Gasteiger partial charge in [-0.2, -0.15) is 0 Å². The van der Waals surface area contributed by atoms with E-state index >= 15 is 0 Å². The zero-order valence-corrected chi connectivity index (χ0v) is 14.2. The summed E-state index contributed by atoms with van der Waals surface area (Å²) >= 11 is 0. The molecule has 0 atom stereocenters. The molecule has 1 N–H and O–H groups in total. The zero-order valence-electron chi connectivity index (χ0n) is 13.3. The highest BCUT2D eigenvalue weighted by atomic mass is 32.2. The number of nitrogens with zero attached hydrogens (tertiary/aromatic N) is 2. The van der Waals surface area contributed by atoms with Gasteiger partial charge in [0, 0.05) is 19.2 Å². The highest BCUT2D eigenvalue weighted by Crippen LogP contribution is 2.34. The number of rotatable bonds is 4. The SMILES string of the molecule is O=S(=O)(Nc1ccc(N2CCOCC2)cn1)c1ccc2c(c1)OCO2. The van der Waals surface area contributed by atoms with Crippen LogP contribution in [0.1, 0.15) is 0 Å². The van der Waals surface area contributed by atoms with E-state index in [-0.39, 0.29) is 17.5 Å². The maximum atomic E-state index is 12.5. The minimum absolute atomic E-state index is 0.0933. The van der Waals surface area contributed by atoms with E-state index in [0.29, 0.717) is 24.7 Å². The van der Waals surface area contributed by atoms with Crippen LogP contribution in [0.25, 0.3) is 0 Å². The van der Waals surface area contributed by atoms with E-state index in [1.807, 2.05) is 6.07 Å². The molecule has 8 nitrogen and oxygen atoms in total. The number of ether oxygens (including phenoxy) is 3. The van der Waals surface area contributed by atoms with Gasteiger partial charge in [0.05, 0.1) is 30.0 Å². The lowest BCUT2D eigenvalue weighted by atomic mass is 10.3. The Morgan fingerprint density at radius 2 is 1.84 bits per heavy atom. The summed E-state index contributed by atoms with van der Waals surface area (Å²) in [6, 6.07) is 7.97. The van der Waals surface area contributed by atoms with Gasteiger partial charge in [0.1, 0.15) is 5.82 Å². The van der Waals surface area contributed by atoms with Gasteiger partial charge in [-0.25, -0.2) is 13.4 Å². The van der Waals surface area contributed by atoms with Gasteiger partial charge < -0.3 is 19.1 Å². The fourth-order valence-corrected chi connectivity index (χ4v) is 3.72. The van der Waals surface area contributed by atoms with E-state index in [0.717, 1.165) is 18.8 Å². The molecule has 0 saturated carbocycles. The number of anilines is 2. The first kappa shape index (κ1) is 16.0. The van der Waals surface area contributed by atoms with Crippen molar-refractivity contribution in [2.24, 2.45) is 0 Å². The molecule has 25 heavy (non-hydrogen) atoms. The van der Waals surface area contributed by atoms with Crippen LogP contribution in [-0.4, -0.2) is 46.5 Å². The second-order valence-corrected chi connectivity index (χ2v) is 7.30. The van der Waals surface area contributed by atoms with E-state index in [9.17, 15) is 8.42 Å². The summed E-state index contributed by atoms with van der Waals surface area (Å²) in [7, 11) is -3.75. The average Bonchev–Trinajstić information content (AvgIpc) is 3.10. The Balaban J connectivity index is 1.50. The highest BCUT2D eigenvalue weighted by Gasteiger charge is 2.21. The Bertz CT molecular complexity index is 864. The van der Waals surface area contributed by atoms with Crippen LogP contribution in [0, 0.1) is 0 Å². The van der Waals surface area contributed by atoms with Gasteiger partial charge in [-0.3, -0.25) is 4.72 Å². The minimum atomic E-state index is -3.75. The molecule has 2 aliphatic rings. The number of nitrogens with one attached hydrogen (secondary N) is 1. The maximum Gasteiger partial charge on any atom is 0.263 e. The van der Waals surface area contributed by atoms with E-state index < -0.39 is 10.0 Å². The van der Waals surface area contributed by atoms with Gasteiger partial charge in [-0.15, -0.1) is 0 Å². The van der Waals surface area contributed by atoms with Crippen molar-refractivity contribution in [3.05, 3.63) is 36.5 Å². The number of aromatic nitrogens is 1. The summed E-state index contributed by atoms with van der Waals surface area (Å²) in [5.41, 5.74) is 0.939. The van der Waals surface area contributed by atoms with E-state index in [1.165, 1.54) is 12.1 Å². The summed E-state index contributed by atoms with van der Waals surface area (Å²) < 4.78 is 43.2. The van der Waals surface area contributed by atoms with Crippen LogP contribution in [0.4, 0.5) is 11.5 Å². The molecule has 4 rings (SSSR count). The normalized spacial score (nSPS) is 16.7.